The van der Waals surface area contributed by atoms with Gasteiger partial charge in [0.05, 0.1) is 12.7 Å². The van der Waals surface area contributed by atoms with Crippen LogP contribution in [0.25, 0.3) is 0 Å². The summed E-state index contributed by atoms with van der Waals surface area (Å²) in [5, 5.41) is 0. The maximum absolute atomic E-state index is 12.2. The number of hydrogen-bond acceptors (Lipinski definition) is 4. The smallest absolute Gasteiger partial charge is 0.165 e. The monoisotopic (exact) mass is 262 g/mol. The SMILES string of the molecule is CC1(C)O[C@H]2[C@@H](CC(=O)c3ccccc3)OC[C@H]2O1. The number of benzene rings is 1. The second-order valence-corrected chi connectivity index (χ2v) is 5.50. The van der Waals surface area contributed by atoms with Gasteiger partial charge in [-0.25, -0.2) is 0 Å². The number of ether oxygens (including phenoxy) is 3. The summed E-state index contributed by atoms with van der Waals surface area (Å²) in [6.07, 6.45) is -0.0596. The second kappa shape index (κ2) is 4.71. The van der Waals surface area contributed by atoms with Gasteiger partial charge in [0, 0.05) is 12.0 Å². The molecule has 2 heterocycles. The van der Waals surface area contributed by atoms with E-state index in [9.17, 15) is 4.79 Å². The van der Waals surface area contributed by atoms with E-state index in [0.717, 1.165) is 0 Å². The third-order valence-electron chi connectivity index (χ3n) is 3.54. The van der Waals surface area contributed by atoms with Crippen LogP contribution in [-0.4, -0.2) is 36.5 Å². The van der Waals surface area contributed by atoms with Crippen LogP contribution in [0.3, 0.4) is 0 Å². The Morgan fingerprint density at radius 2 is 2.00 bits per heavy atom. The Hall–Kier alpha value is -1.23. The molecule has 0 unspecified atom stereocenters. The van der Waals surface area contributed by atoms with Crippen molar-refractivity contribution in [3.8, 4) is 0 Å². The summed E-state index contributed by atoms with van der Waals surface area (Å²) in [7, 11) is 0. The van der Waals surface area contributed by atoms with Gasteiger partial charge in [0.25, 0.3) is 0 Å². The molecule has 0 radical (unpaired) electrons. The fraction of sp³-hybridized carbons (Fsp3) is 0.533. The number of rotatable bonds is 3. The lowest BCUT2D eigenvalue weighted by atomic mass is 10.0. The number of carbonyl (C=O) groups excluding carboxylic acids is 1. The van der Waals surface area contributed by atoms with E-state index < -0.39 is 5.79 Å². The molecule has 0 bridgehead atoms. The van der Waals surface area contributed by atoms with E-state index in [0.29, 0.717) is 18.6 Å². The van der Waals surface area contributed by atoms with E-state index in [-0.39, 0.29) is 24.1 Å². The van der Waals surface area contributed by atoms with Crippen LogP contribution in [0, 0.1) is 0 Å². The largest absolute Gasteiger partial charge is 0.372 e. The summed E-state index contributed by atoms with van der Waals surface area (Å²) in [6, 6.07) is 9.28. The van der Waals surface area contributed by atoms with Gasteiger partial charge in [-0.1, -0.05) is 30.3 Å². The average molecular weight is 262 g/mol. The number of hydrogen-bond donors (Lipinski definition) is 0. The van der Waals surface area contributed by atoms with Crippen molar-refractivity contribution >= 4 is 5.78 Å². The van der Waals surface area contributed by atoms with Gasteiger partial charge < -0.3 is 14.2 Å². The van der Waals surface area contributed by atoms with E-state index in [2.05, 4.69) is 0 Å². The molecule has 102 valence electrons. The third-order valence-corrected chi connectivity index (χ3v) is 3.54. The Kier molecular flexibility index (Phi) is 3.17. The highest BCUT2D eigenvalue weighted by molar-refractivity contribution is 5.96. The fourth-order valence-electron chi connectivity index (χ4n) is 2.72. The molecule has 4 heteroatoms. The summed E-state index contributed by atoms with van der Waals surface area (Å²) >= 11 is 0. The first-order chi connectivity index (χ1) is 9.05. The summed E-state index contributed by atoms with van der Waals surface area (Å²) in [5.74, 6) is -0.493. The van der Waals surface area contributed by atoms with Gasteiger partial charge in [-0.2, -0.15) is 0 Å². The maximum Gasteiger partial charge on any atom is 0.165 e. The van der Waals surface area contributed by atoms with Crippen LogP contribution in [0.5, 0.6) is 0 Å². The Morgan fingerprint density at radius 1 is 1.26 bits per heavy atom. The zero-order valence-corrected chi connectivity index (χ0v) is 11.2. The molecule has 0 aromatic heterocycles. The minimum atomic E-state index is -0.576. The van der Waals surface area contributed by atoms with Crippen LogP contribution in [0.15, 0.2) is 30.3 Å². The molecule has 3 rings (SSSR count). The average Bonchev–Trinajstić information content (AvgIpc) is 2.87. The van der Waals surface area contributed by atoms with Crippen LogP contribution >= 0.6 is 0 Å². The van der Waals surface area contributed by atoms with Crippen molar-refractivity contribution in [2.24, 2.45) is 0 Å². The zero-order valence-electron chi connectivity index (χ0n) is 11.2. The topological polar surface area (TPSA) is 44.8 Å². The van der Waals surface area contributed by atoms with E-state index in [1.54, 1.807) is 0 Å². The minimum absolute atomic E-state index is 0.0522. The summed E-state index contributed by atoms with van der Waals surface area (Å²) < 4.78 is 17.2. The first-order valence-electron chi connectivity index (χ1n) is 6.61. The third kappa shape index (κ3) is 2.56. The lowest BCUT2D eigenvalue weighted by Crippen LogP contribution is -2.31. The molecule has 1 aromatic carbocycles. The van der Waals surface area contributed by atoms with Gasteiger partial charge in [-0.3, -0.25) is 4.79 Å². The first kappa shape index (κ1) is 12.8. The highest BCUT2D eigenvalue weighted by Crippen LogP contribution is 2.36. The van der Waals surface area contributed by atoms with Crippen molar-refractivity contribution in [1.29, 1.82) is 0 Å². The maximum atomic E-state index is 12.2. The van der Waals surface area contributed by atoms with Crippen molar-refractivity contribution in [3.05, 3.63) is 35.9 Å². The van der Waals surface area contributed by atoms with Crippen molar-refractivity contribution in [2.75, 3.05) is 6.61 Å². The quantitative estimate of drug-likeness (QED) is 0.783. The van der Waals surface area contributed by atoms with Crippen molar-refractivity contribution in [2.45, 2.75) is 44.4 Å². The van der Waals surface area contributed by atoms with Crippen LogP contribution in [-0.2, 0) is 14.2 Å². The number of Topliss-reactive ketones (excluding diaryl/α,β-unsaturated/α-hetero) is 1. The fourth-order valence-corrected chi connectivity index (χ4v) is 2.72. The second-order valence-electron chi connectivity index (χ2n) is 5.50. The van der Waals surface area contributed by atoms with Crippen LogP contribution in [0.2, 0.25) is 0 Å². The standard InChI is InChI=1S/C15H18O4/c1-15(2)18-13-9-17-12(14(13)19-15)8-11(16)10-6-4-3-5-7-10/h3-7,12-14H,8-9H2,1-2H3/t12-,13-,14+/m1/s1. The number of fused-ring (bicyclic) bond motifs is 1. The van der Waals surface area contributed by atoms with Crippen molar-refractivity contribution in [1.82, 2.24) is 0 Å². The van der Waals surface area contributed by atoms with Gasteiger partial charge in [0.2, 0.25) is 0 Å². The molecule has 0 N–H and O–H groups in total. The predicted molar refractivity (Wildman–Crippen MR) is 69.0 cm³/mol. The van der Waals surface area contributed by atoms with Gasteiger partial charge in [-0.05, 0) is 13.8 Å². The molecule has 3 atom stereocenters. The molecule has 2 aliphatic rings. The predicted octanol–water partition coefficient (Wildman–Crippen LogP) is 2.18. The molecule has 0 spiro atoms. The lowest BCUT2D eigenvalue weighted by molar-refractivity contribution is -0.174. The highest BCUT2D eigenvalue weighted by atomic mass is 16.8. The van der Waals surface area contributed by atoms with Gasteiger partial charge in [0.1, 0.15) is 12.2 Å². The van der Waals surface area contributed by atoms with Gasteiger partial charge in [-0.15, -0.1) is 0 Å². The van der Waals surface area contributed by atoms with E-state index in [1.807, 2.05) is 44.2 Å². The number of carbonyl (C=O) groups is 1. The Bertz CT molecular complexity index is 468. The van der Waals surface area contributed by atoms with Gasteiger partial charge >= 0.3 is 0 Å². The Balaban J connectivity index is 1.67. The molecule has 0 amide bonds. The zero-order chi connectivity index (χ0) is 13.5. The normalized spacial score (nSPS) is 32.2. The molecule has 19 heavy (non-hydrogen) atoms. The van der Waals surface area contributed by atoms with E-state index in [1.165, 1.54) is 0 Å². The van der Waals surface area contributed by atoms with E-state index >= 15 is 0 Å². The molecular weight excluding hydrogens is 244 g/mol. The summed E-state index contributed by atoms with van der Waals surface area (Å²) in [6.45, 7) is 4.28. The highest BCUT2D eigenvalue weighted by Gasteiger charge is 2.50. The number of ketones is 1. The molecule has 0 saturated carbocycles. The summed E-state index contributed by atoms with van der Waals surface area (Å²) in [5.41, 5.74) is 0.715. The van der Waals surface area contributed by atoms with Crippen molar-refractivity contribution in [3.63, 3.8) is 0 Å². The first-order valence-corrected chi connectivity index (χ1v) is 6.61. The summed E-state index contributed by atoms with van der Waals surface area (Å²) in [4.78, 5) is 12.2. The van der Waals surface area contributed by atoms with Gasteiger partial charge in [0.15, 0.2) is 11.6 Å². The molecule has 2 fully saturated rings. The van der Waals surface area contributed by atoms with Crippen LogP contribution in [0.1, 0.15) is 30.6 Å². The Labute approximate surface area is 112 Å². The molecule has 4 nitrogen and oxygen atoms in total. The Morgan fingerprint density at radius 3 is 2.74 bits per heavy atom. The molecule has 1 aromatic rings. The van der Waals surface area contributed by atoms with Crippen LogP contribution < -0.4 is 0 Å². The molecular formula is C15H18O4. The molecule has 2 saturated heterocycles. The molecule has 2 aliphatic heterocycles. The van der Waals surface area contributed by atoms with E-state index in [4.69, 9.17) is 14.2 Å². The van der Waals surface area contributed by atoms with Crippen LogP contribution in [0.4, 0.5) is 0 Å². The lowest BCUT2D eigenvalue weighted by Gasteiger charge is -2.21. The molecule has 0 aliphatic carbocycles. The minimum Gasteiger partial charge on any atom is -0.372 e. The van der Waals surface area contributed by atoms with Crippen molar-refractivity contribution < 1.29 is 19.0 Å².